The molecule has 11 heteroatoms. The molecule has 0 radical (unpaired) electrons. The molecule has 2 aromatic carbocycles. The topological polar surface area (TPSA) is 89.3 Å². The summed E-state index contributed by atoms with van der Waals surface area (Å²) in [5.41, 5.74) is 1.31. The number of hydrogen-bond acceptors (Lipinski definition) is 7. The maximum atomic E-state index is 13.3. The second-order valence-corrected chi connectivity index (χ2v) is 11.2. The molecular formula is C27H30Cl2N2O6S. The van der Waals surface area contributed by atoms with Crippen molar-refractivity contribution >= 4 is 44.9 Å². The van der Waals surface area contributed by atoms with Gasteiger partial charge in [-0.3, -0.25) is 4.79 Å². The van der Waals surface area contributed by atoms with Crippen LogP contribution in [0.25, 0.3) is 0 Å². The summed E-state index contributed by atoms with van der Waals surface area (Å²) in [6.07, 6.45) is 3.07. The summed E-state index contributed by atoms with van der Waals surface area (Å²) in [5.74, 6) is -0.0182. The van der Waals surface area contributed by atoms with E-state index in [4.69, 9.17) is 36.5 Å². The average molecular weight is 582 g/mol. The monoisotopic (exact) mass is 580 g/mol. The Morgan fingerprint density at radius 3 is 2.50 bits per heavy atom. The first-order chi connectivity index (χ1) is 18.2. The fourth-order valence-electron chi connectivity index (χ4n) is 4.35. The van der Waals surface area contributed by atoms with Crippen molar-refractivity contribution in [1.29, 1.82) is 0 Å². The van der Waals surface area contributed by atoms with E-state index in [9.17, 15) is 13.2 Å². The smallest absolute Gasteiger partial charge is 0.339 e. The number of hydrogen-bond donors (Lipinski definition) is 0. The molecule has 1 aromatic heterocycles. The molecule has 8 nitrogen and oxygen atoms in total. The van der Waals surface area contributed by atoms with Crippen LogP contribution in [0.2, 0.25) is 10.0 Å². The Hall–Kier alpha value is -2.72. The molecule has 4 rings (SSSR count). The Morgan fingerprint density at radius 1 is 1.08 bits per heavy atom. The van der Waals surface area contributed by atoms with Crippen LogP contribution in [0.4, 0.5) is 5.69 Å². The van der Waals surface area contributed by atoms with Crippen LogP contribution in [0.15, 0.2) is 64.1 Å². The van der Waals surface area contributed by atoms with Crippen molar-refractivity contribution in [3.8, 4) is 5.75 Å². The van der Waals surface area contributed by atoms with Gasteiger partial charge < -0.3 is 23.1 Å². The van der Waals surface area contributed by atoms with Crippen LogP contribution in [-0.4, -0.2) is 51.6 Å². The van der Waals surface area contributed by atoms with Crippen LogP contribution in [-0.2, 0) is 21.4 Å². The van der Waals surface area contributed by atoms with Crippen molar-refractivity contribution in [2.45, 2.75) is 44.2 Å². The van der Waals surface area contributed by atoms with Crippen LogP contribution in [0, 0.1) is 0 Å². The number of halogens is 2. The number of benzene rings is 2. The minimum atomic E-state index is -4.26. The van der Waals surface area contributed by atoms with Gasteiger partial charge in [0.15, 0.2) is 5.76 Å². The number of nitrogens with zero attached hydrogens (tertiary/aromatic N) is 2. The van der Waals surface area contributed by atoms with Crippen LogP contribution in [0.5, 0.6) is 5.75 Å². The van der Waals surface area contributed by atoms with Crippen molar-refractivity contribution in [2.75, 3.05) is 31.1 Å². The summed E-state index contributed by atoms with van der Waals surface area (Å²) in [6.45, 7) is 6.52. The van der Waals surface area contributed by atoms with Gasteiger partial charge in [0, 0.05) is 50.1 Å². The molecule has 1 saturated heterocycles. The van der Waals surface area contributed by atoms with Crippen molar-refractivity contribution < 1.29 is 26.5 Å². The van der Waals surface area contributed by atoms with Crippen molar-refractivity contribution in [3.05, 3.63) is 76.2 Å². The van der Waals surface area contributed by atoms with E-state index >= 15 is 0 Å². The largest absolute Gasteiger partial charge is 0.459 e. The summed E-state index contributed by atoms with van der Waals surface area (Å²) in [6, 6.07) is 12.6. The van der Waals surface area contributed by atoms with Gasteiger partial charge in [0.05, 0.1) is 22.4 Å². The zero-order valence-corrected chi connectivity index (χ0v) is 23.6. The van der Waals surface area contributed by atoms with Crippen LogP contribution < -0.4 is 9.08 Å². The standard InChI is InChI=1S/C27H30Cl2N2O6S/c1-3-30(4-2)20-10-9-19(26(15-20)37-38(33,34)22-11-12-23(28)24(29)16-22)17-31(18-21-7-5-13-35-21)27(32)25-8-6-14-36-25/h6,8-12,14-16,21H,3-5,7,13,17-18H2,1-2H3. The number of ether oxygens (including phenoxy) is 1. The van der Waals surface area contributed by atoms with Gasteiger partial charge in [-0.1, -0.05) is 29.3 Å². The molecule has 2 heterocycles. The third-order valence-electron chi connectivity index (χ3n) is 6.39. The zero-order chi connectivity index (χ0) is 27.3. The Kier molecular flexibility index (Phi) is 9.25. The van der Waals surface area contributed by atoms with Crippen molar-refractivity contribution in [2.24, 2.45) is 0 Å². The van der Waals surface area contributed by atoms with Crippen molar-refractivity contribution in [1.82, 2.24) is 4.90 Å². The third kappa shape index (κ3) is 6.64. The molecule has 1 unspecified atom stereocenters. The molecule has 0 N–H and O–H groups in total. The highest BCUT2D eigenvalue weighted by Gasteiger charge is 2.27. The number of furan rings is 1. The zero-order valence-electron chi connectivity index (χ0n) is 21.2. The lowest BCUT2D eigenvalue weighted by Crippen LogP contribution is -2.37. The summed E-state index contributed by atoms with van der Waals surface area (Å²) in [7, 11) is -4.26. The van der Waals surface area contributed by atoms with E-state index in [2.05, 4.69) is 4.90 Å². The van der Waals surface area contributed by atoms with E-state index in [0.717, 1.165) is 31.6 Å². The number of rotatable bonds is 11. The second kappa shape index (κ2) is 12.4. The fraction of sp³-hybridized carbons (Fsp3) is 0.370. The van der Waals surface area contributed by atoms with E-state index in [-0.39, 0.29) is 45.0 Å². The van der Waals surface area contributed by atoms with E-state index in [1.165, 1.54) is 24.5 Å². The van der Waals surface area contributed by atoms with Gasteiger partial charge in [-0.05, 0) is 63.1 Å². The first-order valence-corrected chi connectivity index (χ1v) is 14.6. The summed E-state index contributed by atoms with van der Waals surface area (Å²) in [5, 5.41) is 0.330. The minimum absolute atomic E-state index is 0.0875. The molecule has 0 spiro atoms. The molecule has 1 amide bonds. The van der Waals surface area contributed by atoms with Gasteiger partial charge in [-0.15, -0.1) is 0 Å². The van der Waals surface area contributed by atoms with Gasteiger partial charge in [0.1, 0.15) is 10.6 Å². The highest BCUT2D eigenvalue weighted by molar-refractivity contribution is 7.87. The first kappa shape index (κ1) is 28.3. The predicted octanol–water partition coefficient (Wildman–Crippen LogP) is 6.02. The lowest BCUT2D eigenvalue weighted by molar-refractivity contribution is 0.0483. The van der Waals surface area contributed by atoms with Crippen LogP contribution in [0.1, 0.15) is 42.8 Å². The van der Waals surface area contributed by atoms with E-state index in [1.54, 1.807) is 29.2 Å². The molecule has 204 valence electrons. The van der Waals surface area contributed by atoms with Gasteiger partial charge in [-0.2, -0.15) is 8.42 Å². The van der Waals surface area contributed by atoms with E-state index in [1.807, 2.05) is 19.9 Å². The molecule has 1 aliphatic rings. The average Bonchev–Trinajstić information content (AvgIpc) is 3.61. The molecule has 3 aromatic rings. The highest BCUT2D eigenvalue weighted by atomic mass is 35.5. The molecule has 0 saturated carbocycles. The van der Waals surface area contributed by atoms with Crippen LogP contribution in [0.3, 0.4) is 0 Å². The number of carbonyl (C=O) groups is 1. The lowest BCUT2D eigenvalue weighted by atomic mass is 10.1. The quantitative estimate of drug-likeness (QED) is 0.256. The molecule has 0 bridgehead atoms. The van der Waals surface area contributed by atoms with Gasteiger partial charge in [0.25, 0.3) is 5.91 Å². The maximum absolute atomic E-state index is 13.3. The highest BCUT2D eigenvalue weighted by Crippen LogP contribution is 2.32. The summed E-state index contributed by atoms with van der Waals surface area (Å²) >= 11 is 12.0. The van der Waals surface area contributed by atoms with Gasteiger partial charge in [-0.25, -0.2) is 0 Å². The lowest BCUT2D eigenvalue weighted by Gasteiger charge is -2.27. The van der Waals surface area contributed by atoms with Crippen LogP contribution >= 0.6 is 23.2 Å². The Bertz CT molecular complexity index is 1350. The molecule has 0 aliphatic carbocycles. The minimum Gasteiger partial charge on any atom is -0.459 e. The molecule has 1 fully saturated rings. The molecular weight excluding hydrogens is 551 g/mol. The number of anilines is 1. The van der Waals surface area contributed by atoms with E-state index < -0.39 is 10.1 Å². The Morgan fingerprint density at radius 2 is 1.87 bits per heavy atom. The number of amides is 1. The van der Waals surface area contributed by atoms with Gasteiger partial charge in [0.2, 0.25) is 0 Å². The van der Waals surface area contributed by atoms with Gasteiger partial charge >= 0.3 is 10.1 Å². The summed E-state index contributed by atoms with van der Waals surface area (Å²) < 4.78 is 43.4. The molecule has 1 atom stereocenters. The Balaban J connectivity index is 1.71. The first-order valence-electron chi connectivity index (χ1n) is 12.4. The fourth-order valence-corrected chi connectivity index (χ4v) is 5.70. The Labute approximate surface area is 233 Å². The SMILES string of the molecule is CCN(CC)c1ccc(CN(CC2CCCO2)C(=O)c2ccco2)c(OS(=O)(=O)c2ccc(Cl)c(Cl)c2)c1. The summed E-state index contributed by atoms with van der Waals surface area (Å²) in [4.78, 5) is 16.9. The normalized spacial score (nSPS) is 15.4. The third-order valence-corrected chi connectivity index (χ3v) is 8.36. The van der Waals surface area contributed by atoms with Crippen molar-refractivity contribution in [3.63, 3.8) is 0 Å². The second-order valence-electron chi connectivity index (χ2n) is 8.88. The van der Waals surface area contributed by atoms with E-state index in [0.29, 0.717) is 18.7 Å². The molecule has 1 aliphatic heterocycles. The molecule has 38 heavy (non-hydrogen) atoms. The number of carbonyl (C=O) groups excluding carboxylic acids is 1. The predicted molar refractivity (Wildman–Crippen MR) is 147 cm³/mol. The maximum Gasteiger partial charge on any atom is 0.339 e.